The minimum Gasteiger partial charge on any atom is -0.335 e. The number of rotatable bonds is 5. The van der Waals surface area contributed by atoms with Crippen LogP contribution in [0.3, 0.4) is 0 Å². The highest BCUT2D eigenvalue weighted by molar-refractivity contribution is 5.96. The SMILES string of the molecule is C=CCN1[C@H]2CCC[C@H]1CC(NC(=O)Nc1cccc(C(C)=O)c1)C2. The number of nitrogens with one attached hydrogen (secondary N) is 2. The summed E-state index contributed by atoms with van der Waals surface area (Å²) < 4.78 is 0. The highest BCUT2D eigenvalue weighted by atomic mass is 16.2. The molecule has 2 aliphatic heterocycles. The van der Waals surface area contributed by atoms with Crippen molar-refractivity contribution in [2.24, 2.45) is 0 Å². The first-order valence-electron chi connectivity index (χ1n) is 9.12. The molecule has 0 spiro atoms. The minimum atomic E-state index is -0.194. The first-order valence-corrected chi connectivity index (χ1v) is 9.12. The van der Waals surface area contributed by atoms with E-state index in [0.717, 1.165) is 19.4 Å². The average Bonchev–Trinajstić information content (AvgIpc) is 2.56. The lowest BCUT2D eigenvalue weighted by Crippen LogP contribution is -2.57. The maximum atomic E-state index is 12.4. The third kappa shape index (κ3) is 4.28. The van der Waals surface area contributed by atoms with Gasteiger partial charge < -0.3 is 10.6 Å². The van der Waals surface area contributed by atoms with Crippen LogP contribution < -0.4 is 10.6 Å². The number of ketones is 1. The molecule has 0 unspecified atom stereocenters. The third-order valence-corrected chi connectivity index (χ3v) is 5.33. The van der Waals surface area contributed by atoms with Gasteiger partial charge in [0, 0.05) is 35.9 Å². The van der Waals surface area contributed by atoms with Gasteiger partial charge in [-0.25, -0.2) is 4.79 Å². The van der Waals surface area contributed by atoms with Gasteiger partial charge in [0.1, 0.15) is 0 Å². The van der Waals surface area contributed by atoms with Crippen molar-refractivity contribution in [1.29, 1.82) is 0 Å². The largest absolute Gasteiger partial charge is 0.335 e. The zero-order valence-corrected chi connectivity index (χ0v) is 14.8. The maximum Gasteiger partial charge on any atom is 0.319 e. The Bertz CT molecular complexity index is 644. The van der Waals surface area contributed by atoms with E-state index in [4.69, 9.17) is 0 Å². The van der Waals surface area contributed by atoms with E-state index in [1.807, 2.05) is 6.08 Å². The second-order valence-electron chi connectivity index (χ2n) is 7.13. The van der Waals surface area contributed by atoms with Crippen LogP contribution in [-0.4, -0.2) is 41.4 Å². The van der Waals surface area contributed by atoms with Gasteiger partial charge in [0.2, 0.25) is 0 Å². The molecular formula is C20H27N3O2. The number of nitrogens with zero attached hydrogens (tertiary/aromatic N) is 1. The monoisotopic (exact) mass is 341 g/mol. The first-order chi connectivity index (χ1) is 12.1. The fourth-order valence-corrected chi connectivity index (χ4v) is 4.21. The summed E-state index contributed by atoms with van der Waals surface area (Å²) in [5.74, 6) is -0.00789. The number of hydrogen-bond acceptors (Lipinski definition) is 3. The third-order valence-electron chi connectivity index (χ3n) is 5.33. The van der Waals surface area contributed by atoms with Crippen molar-refractivity contribution in [3.8, 4) is 0 Å². The topological polar surface area (TPSA) is 61.4 Å². The molecule has 0 aromatic heterocycles. The molecule has 1 aromatic rings. The van der Waals surface area contributed by atoms with Crippen LogP contribution in [0.1, 0.15) is 49.4 Å². The van der Waals surface area contributed by atoms with Crippen LogP contribution in [0.15, 0.2) is 36.9 Å². The summed E-state index contributed by atoms with van der Waals surface area (Å²) in [5, 5.41) is 5.97. The lowest BCUT2D eigenvalue weighted by atomic mass is 9.82. The lowest BCUT2D eigenvalue weighted by molar-refractivity contribution is 0.0375. The summed E-state index contributed by atoms with van der Waals surface area (Å²) in [7, 11) is 0. The Morgan fingerprint density at radius 3 is 2.64 bits per heavy atom. The van der Waals surface area contributed by atoms with Gasteiger partial charge in [-0.05, 0) is 44.7 Å². The van der Waals surface area contributed by atoms with Crippen molar-refractivity contribution in [2.75, 3.05) is 11.9 Å². The molecule has 0 radical (unpaired) electrons. The Labute approximate surface area is 149 Å². The van der Waals surface area contributed by atoms with Crippen LogP contribution >= 0.6 is 0 Å². The zero-order chi connectivity index (χ0) is 17.8. The van der Waals surface area contributed by atoms with Crippen LogP contribution in [0.5, 0.6) is 0 Å². The molecular weight excluding hydrogens is 314 g/mol. The molecule has 2 heterocycles. The predicted octanol–water partition coefficient (Wildman–Crippen LogP) is 3.58. The van der Waals surface area contributed by atoms with Gasteiger partial charge in [-0.2, -0.15) is 0 Å². The van der Waals surface area contributed by atoms with Crippen molar-refractivity contribution >= 4 is 17.5 Å². The average molecular weight is 341 g/mol. The van der Waals surface area contributed by atoms with Crippen molar-refractivity contribution in [3.63, 3.8) is 0 Å². The van der Waals surface area contributed by atoms with Crippen LogP contribution in [0.4, 0.5) is 10.5 Å². The Morgan fingerprint density at radius 2 is 2.00 bits per heavy atom. The standard InChI is InChI=1S/C20H27N3O2/c1-3-10-23-18-8-5-9-19(23)13-17(12-18)22-20(25)21-16-7-4-6-15(11-16)14(2)24/h3-4,6-7,11,17-19H,1,5,8-10,12-13H2,2H3,(H2,21,22,25)/t18-,19-/m0/s1. The molecule has 2 saturated heterocycles. The normalized spacial score (nSPS) is 25.9. The van der Waals surface area contributed by atoms with E-state index in [0.29, 0.717) is 23.3 Å². The highest BCUT2D eigenvalue weighted by Gasteiger charge is 2.37. The van der Waals surface area contributed by atoms with Gasteiger partial charge in [0.15, 0.2) is 5.78 Å². The summed E-state index contributed by atoms with van der Waals surface area (Å²) in [5.41, 5.74) is 1.25. The number of fused-ring (bicyclic) bond motifs is 2. The van der Waals surface area contributed by atoms with Crippen LogP contribution in [0, 0.1) is 0 Å². The molecule has 2 fully saturated rings. The van der Waals surface area contributed by atoms with E-state index in [1.54, 1.807) is 24.3 Å². The zero-order valence-electron chi connectivity index (χ0n) is 14.8. The molecule has 0 aliphatic carbocycles. The van der Waals surface area contributed by atoms with E-state index in [9.17, 15) is 9.59 Å². The maximum absolute atomic E-state index is 12.4. The Kier molecular flexibility index (Phi) is 5.53. The first kappa shape index (κ1) is 17.7. The van der Waals surface area contributed by atoms with E-state index in [-0.39, 0.29) is 17.9 Å². The molecule has 1 aromatic carbocycles. The molecule has 134 valence electrons. The number of amides is 2. The molecule has 0 saturated carbocycles. The van der Waals surface area contributed by atoms with E-state index in [2.05, 4.69) is 22.1 Å². The second-order valence-corrected chi connectivity index (χ2v) is 7.13. The smallest absolute Gasteiger partial charge is 0.319 e. The summed E-state index contributed by atoms with van der Waals surface area (Å²) in [6, 6.07) is 8.13. The second kappa shape index (κ2) is 7.83. The molecule has 25 heavy (non-hydrogen) atoms. The van der Waals surface area contributed by atoms with Gasteiger partial charge in [-0.15, -0.1) is 6.58 Å². The number of hydrogen-bond donors (Lipinski definition) is 2. The van der Waals surface area contributed by atoms with Gasteiger partial charge in [0.05, 0.1) is 0 Å². The van der Waals surface area contributed by atoms with Gasteiger partial charge in [-0.3, -0.25) is 9.69 Å². The molecule has 2 bridgehead atoms. The summed E-state index contributed by atoms with van der Waals surface area (Å²) in [6.07, 6.45) is 7.64. The molecule has 2 atom stereocenters. The number of benzene rings is 1. The predicted molar refractivity (Wildman–Crippen MR) is 100.0 cm³/mol. The van der Waals surface area contributed by atoms with Crippen molar-refractivity contribution in [1.82, 2.24) is 10.2 Å². The lowest BCUT2D eigenvalue weighted by Gasteiger charge is -2.48. The molecule has 2 aliphatic rings. The number of piperidine rings is 2. The van der Waals surface area contributed by atoms with Crippen molar-refractivity contribution in [2.45, 2.75) is 57.2 Å². The van der Waals surface area contributed by atoms with Gasteiger partial charge >= 0.3 is 6.03 Å². The summed E-state index contributed by atoms with van der Waals surface area (Å²) in [6.45, 7) is 6.33. The van der Waals surface area contributed by atoms with E-state index >= 15 is 0 Å². The Balaban J connectivity index is 1.58. The number of urea groups is 1. The van der Waals surface area contributed by atoms with Crippen LogP contribution in [0.2, 0.25) is 0 Å². The molecule has 5 heteroatoms. The van der Waals surface area contributed by atoms with E-state index in [1.165, 1.54) is 26.2 Å². The molecule has 2 amide bonds. The minimum absolute atomic E-state index is 0.00789. The van der Waals surface area contributed by atoms with Crippen LogP contribution in [0.25, 0.3) is 0 Å². The fourth-order valence-electron chi connectivity index (χ4n) is 4.21. The molecule has 3 rings (SSSR count). The number of Topliss-reactive ketones (excluding diaryl/α,β-unsaturated/α-hetero) is 1. The van der Waals surface area contributed by atoms with Crippen LogP contribution in [-0.2, 0) is 0 Å². The van der Waals surface area contributed by atoms with E-state index < -0.39 is 0 Å². The van der Waals surface area contributed by atoms with Crippen molar-refractivity contribution in [3.05, 3.63) is 42.5 Å². The highest BCUT2D eigenvalue weighted by Crippen LogP contribution is 2.33. The summed E-state index contributed by atoms with van der Waals surface area (Å²) in [4.78, 5) is 26.4. The number of anilines is 1. The number of carbonyl (C=O) groups excluding carboxylic acids is 2. The quantitative estimate of drug-likeness (QED) is 0.636. The molecule has 5 nitrogen and oxygen atoms in total. The fraction of sp³-hybridized carbons (Fsp3) is 0.500. The van der Waals surface area contributed by atoms with Crippen molar-refractivity contribution < 1.29 is 9.59 Å². The molecule has 2 N–H and O–H groups in total. The number of carbonyl (C=O) groups is 2. The van der Waals surface area contributed by atoms with Gasteiger partial charge in [0.25, 0.3) is 0 Å². The summed E-state index contributed by atoms with van der Waals surface area (Å²) >= 11 is 0. The van der Waals surface area contributed by atoms with Gasteiger partial charge in [-0.1, -0.05) is 24.6 Å². The Morgan fingerprint density at radius 1 is 1.28 bits per heavy atom. The Hall–Kier alpha value is -2.14.